The quantitative estimate of drug-likeness (QED) is 0.0334. The number of hydrogen-bond donors (Lipinski definition) is 5. The van der Waals surface area contributed by atoms with Gasteiger partial charge in [0.2, 0.25) is 5.91 Å². The van der Waals surface area contributed by atoms with Crippen LogP contribution in [0.25, 0.3) is 33.4 Å². The van der Waals surface area contributed by atoms with E-state index in [1.54, 1.807) is 6.07 Å². The maximum absolute atomic E-state index is 13.5. The molecule has 13 nitrogen and oxygen atoms in total. The van der Waals surface area contributed by atoms with Gasteiger partial charge in [-0.15, -0.1) is 0 Å². The van der Waals surface area contributed by atoms with Crippen molar-refractivity contribution in [2.75, 3.05) is 23.9 Å². The maximum Gasteiger partial charge on any atom is 0.430 e. The third-order valence-electron chi connectivity index (χ3n) is 10.8. The van der Waals surface area contributed by atoms with Gasteiger partial charge >= 0.3 is 24.5 Å². The number of hydrogen-bond acceptors (Lipinski definition) is 9. The Labute approximate surface area is 385 Å². The van der Waals surface area contributed by atoms with Crippen LogP contribution < -0.4 is 20.4 Å². The van der Waals surface area contributed by atoms with Crippen molar-refractivity contribution in [2.24, 2.45) is 0 Å². The number of carbonyl (C=O) groups is 3. The van der Waals surface area contributed by atoms with Gasteiger partial charge in [-0.05, 0) is 91.1 Å². The van der Waals surface area contributed by atoms with Gasteiger partial charge in [0.05, 0.1) is 16.1 Å². The average molecular weight is 996 g/mol. The summed E-state index contributed by atoms with van der Waals surface area (Å²) < 4.78 is 153. The van der Waals surface area contributed by atoms with Crippen LogP contribution >= 0.6 is 0 Å². The molecule has 4 aromatic rings. The molecule has 0 fully saturated rings. The van der Waals surface area contributed by atoms with Crippen molar-refractivity contribution in [1.29, 1.82) is 0 Å². The van der Waals surface area contributed by atoms with Gasteiger partial charge in [-0.2, -0.15) is 39.5 Å². The zero-order chi connectivity index (χ0) is 50.7. The van der Waals surface area contributed by atoms with Crippen LogP contribution in [-0.4, -0.2) is 79.7 Å². The summed E-state index contributed by atoms with van der Waals surface area (Å²) in [5, 5.41) is 35.7. The van der Waals surface area contributed by atoms with Gasteiger partial charge in [-0.1, -0.05) is 36.8 Å². The molecule has 6 rings (SSSR count). The monoisotopic (exact) mass is 995 g/mol. The number of nitrogens with zero attached hydrogens (tertiary/aromatic N) is 1. The second-order valence-electron chi connectivity index (χ2n) is 15.6. The highest BCUT2D eigenvalue weighted by atomic mass is 32.2. The van der Waals surface area contributed by atoms with E-state index in [4.69, 9.17) is 4.42 Å². The SMILES string of the molecule is O=C(CCCCCNC(=O)c1ccc(-c2c3ccc(=O)cc-3oc3cc(O)ccc23)c(C(=O)O)c1)NCCc1ccc(S(=O)(=O)N(CC(F)(F)F)c2ccc(C(O)(C(F)(F)F)C(F)(F)F)cc2)cc1. The summed E-state index contributed by atoms with van der Waals surface area (Å²) in [6.07, 6.45) is -16.2. The number of rotatable bonds is 17. The summed E-state index contributed by atoms with van der Waals surface area (Å²) in [5.41, 5.74) is -7.00. The van der Waals surface area contributed by atoms with E-state index < -0.39 is 68.7 Å². The second-order valence-corrected chi connectivity index (χ2v) is 17.4. The van der Waals surface area contributed by atoms with E-state index in [0.29, 0.717) is 41.3 Å². The molecule has 366 valence electrons. The van der Waals surface area contributed by atoms with Crippen LogP contribution in [0, 0.1) is 0 Å². The predicted molar refractivity (Wildman–Crippen MR) is 230 cm³/mol. The minimum Gasteiger partial charge on any atom is -0.508 e. The molecular formula is C46H38F9N3O10S. The molecular weight excluding hydrogens is 958 g/mol. The van der Waals surface area contributed by atoms with Crippen LogP contribution in [0.3, 0.4) is 0 Å². The number of sulfonamides is 1. The van der Waals surface area contributed by atoms with Crippen LogP contribution in [0.1, 0.15) is 57.5 Å². The third-order valence-corrected chi connectivity index (χ3v) is 12.6. The summed E-state index contributed by atoms with van der Waals surface area (Å²) in [6.45, 7) is -1.97. The van der Waals surface area contributed by atoms with Gasteiger partial charge in [0.25, 0.3) is 21.5 Å². The lowest BCUT2D eigenvalue weighted by Crippen LogP contribution is -2.53. The van der Waals surface area contributed by atoms with Crippen molar-refractivity contribution in [3.63, 3.8) is 0 Å². The molecule has 0 bridgehead atoms. The number of anilines is 1. The molecule has 2 amide bonds. The molecule has 0 unspecified atom stereocenters. The highest BCUT2D eigenvalue weighted by molar-refractivity contribution is 7.92. The van der Waals surface area contributed by atoms with Crippen molar-refractivity contribution in [3.05, 3.63) is 136 Å². The molecule has 4 aromatic carbocycles. The largest absolute Gasteiger partial charge is 0.508 e. The van der Waals surface area contributed by atoms with E-state index in [0.717, 1.165) is 12.1 Å². The zero-order valence-corrected chi connectivity index (χ0v) is 36.2. The fourth-order valence-corrected chi connectivity index (χ4v) is 8.80. The van der Waals surface area contributed by atoms with Crippen LogP contribution in [0.5, 0.6) is 5.75 Å². The average Bonchev–Trinajstić information content (AvgIpc) is 3.27. The Bertz CT molecular complexity index is 3000. The molecule has 1 heterocycles. The first-order valence-corrected chi connectivity index (χ1v) is 21.9. The Morgan fingerprint density at radius 1 is 0.710 bits per heavy atom. The summed E-state index contributed by atoms with van der Waals surface area (Å²) >= 11 is 0. The molecule has 69 heavy (non-hydrogen) atoms. The molecule has 0 spiro atoms. The van der Waals surface area contributed by atoms with E-state index in [9.17, 15) is 82.4 Å². The zero-order valence-electron chi connectivity index (χ0n) is 35.4. The number of phenolic OH excluding ortho intramolecular Hbond substituents is 1. The van der Waals surface area contributed by atoms with Crippen LogP contribution in [0.4, 0.5) is 45.2 Å². The van der Waals surface area contributed by atoms with E-state index in [-0.39, 0.29) is 99.6 Å². The van der Waals surface area contributed by atoms with Crippen LogP contribution in [0.2, 0.25) is 0 Å². The first-order valence-electron chi connectivity index (χ1n) is 20.5. The number of nitrogens with one attached hydrogen (secondary N) is 2. The number of aliphatic hydroxyl groups is 1. The first kappa shape index (κ1) is 51.3. The van der Waals surface area contributed by atoms with Crippen LogP contribution in [0.15, 0.2) is 117 Å². The molecule has 1 aliphatic heterocycles. The maximum atomic E-state index is 13.5. The smallest absolute Gasteiger partial charge is 0.430 e. The van der Waals surface area contributed by atoms with Crippen LogP contribution in [-0.2, 0) is 26.8 Å². The van der Waals surface area contributed by atoms with E-state index in [2.05, 4.69) is 10.6 Å². The van der Waals surface area contributed by atoms with Crippen molar-refractivity contribution < 1.29 is 82.1 Å². The standard InChI is InChI=1S/C46H38F9N3O10S/c47-43(48,49)25-58(29-10-8-28(9-11-29)44(65,45(50,51)52)46(53,54)55)69(66,67)32-14-5-26(6-15-32)19-21-56-39(61)4-2-1-3-20-57-41(62)27-7-16-33(36(22-27)42(63)64)40-34-17-12-30(59)23-37(34)68-38-24-31(60)13-18-35(38)40/h5-18,22-24,59,65H,1-4,19-21,25H2,(H,56,61)(H,57,62)(H,63,64). The molecule has 0 atom stereocenters. The summed E-state index contributed by atoms with van der Waals surface area (Å²) in [4.78, 5) is 49.4. The van der Waals surface area contributed by atoms with Gasteiger partial charge in [0, 0.05) is 59.3 Å². The second kappa shape index (κ2) is 19.8. The highest BCUT2D eigenvalue weighted by Gasteiger charge is 2.71. The lowest BCUT2D eigenvalue weighted by Gasteiger charge is -2.33. The third kappa shape index (κ3) is 11.4. The number of halogens is 9. The molecule has 2 aliphatic rings. The van der Waals surface area contributed by atoms with Gasteiger partial charge < -0.3 is 30.4 Å². The molecule has 1 aliphatic carbocycles. The summed E-state index contributed by atoms with van der Waals surface area (Å²) in [6, 6.07) is 17.3. The van der Waals surface area contributed by atoms with Gasteiger partial charge in [-0.3, -0.25) is 18.7 Å². The first-order chi connectivity index (χ1) is 32.2. The Kier molecular flexibility index (Phi) is 14.7. The van der Waals surface area contributed by atoms with E-state index in [1.165, 1.54) is 60.7 Å². The Morgan fingerprint density at radius 2 is 1.36 bits per heavy atom. The van der Waals surface area contributed by atoms with Gasteiger partial charge in [0.15, 0.2) is 5.43 Å². The predicted octanol–water partition coefficient (Wildman–Crippen LogP) is 8.69. The molecule has 23 heteroatoms. The summed E-state index contributed by atoms with van der Waals surface area (Å²) in [7, 11) is -5.13. The number of benzene rings is 5. The highest BCUT2D eigenvalue weighted by Crippen LogP contribution is 2.50. The van der Waals surface area contributed by atoms with Gasteiger partial charge in [-0.25, -0.2) is 13.2 Å². The fraction of sp³-hybridized carbons (Fsp3) is 0.261. The number of carbonyl (C=O) groups excluding carboxylic acids is 2. The lowest BCUT2D eigenvalue weighted by molar-refractivity contribution is -0.376. The number of amides is 2. The molecule has 0 saturated carbocycles. The molecule has 0 radical (unpaired) electrons. The van der Waals surface area contributed by atoms with Gasteiger partial charge in [0.1, 0.15) is 23.6 Å². The number of carboxylic acids is 1. The minimum absolute atomic E-state index is 0.0196. The van der Waals surface area contributed by atoms with Crippen molar-refractivity contribution in [3.8, 4) is 28.2 Å². The lowest BCUT2D eigenvalue weighted by atomic mass is 9.90. The van der Waals surface area contributed by atoms with Crippen molar-refractivity contribution in [1.82, 2.24) is 10.6 Å². The van der Waals surface area contributed by atoms with E-state index >= 15 is 0 Å². The van der Waals surface area contributed by atoms with E-state index in [1.807, 2.05) is 0 Å². The topological polar surface area (TPSA) is 204 Å². The number of aromatic hydroxyl groups is 1. The minimum atomic E-state index is -6.30. The number of carboxylic acid groups (broad SMARTS) is 1. The van der Waals surface area contributed by atoms with Crippen molar-refractivity contribution >= 4 is 44.5 Å². The Balaban J connectivity index is 0.989. The normalized spacial score (nSPS) is 12.6. The molecule has 5 N–H and O–H groups in total. The summed E-state index contributed by atoms with van der Waals surface area (Å²) in [5.74, 6) is -2.21. The number of unbranched alkanes of at least 4 members (excludes halogenated alkanes) is 2. The molecule has 0 aromatic heterocycles. The fourth-order valence-electron chi connectivity index (χ4n) is 7.35. The number of phenols is 1. The number of fused-ring (bicyclic) bond motifs is 2. The Hall–Kier alpha value is -7.14. The Morgan fingerprint density at radius 3 is 1.99 bits per heavy atom. The number of alkyl halides is 9. The number of aromatic carboxylic acids is 1. The van der Waals surface area contributed by atoms with Crippen molar-refractivity contribution in [2.45, 2.75) is 61.1 Å². The molecule has 0 saturated heterocycles.